The van der Waals surface area contributed by atoms with Crippen molar-refractivity contribution in [1.82, 2.24) is 10.5 Å². The fourth-order valence-corrected chi connectivity index (χ4v) is 2.03. The van der Waals surface area contributed by atoms with E-state index in [9.17, 15) is 0 Å². The number of fused-ring (bicyclic) bond motifs is 1. The molecule has 1 unspecified atom stereocenters. The Balaban J connectivity index is 2.02. The van der Waals surface area contributed by atoms with Crippen LogP contribution in [0, 0.1) is 0 Å². The lowest BCUT2D eigenvalue weighted by Gasteiger charge is -1.99. The van der Waals surface area contributed by atoms with E-state index in [0.717, 1.165) is 37.4 Å². The molecule has 78 valence electrons. The van der Waals surface area contributed by atoms with Gasteiger partial charge in [0.2, 0.25) is 0 Å². The molecular formula is C11H18N2O. The Morgan fingerprint density at radius 1 is 1.57 bits per heavy atom. The second-order valence-electron chi connectivity index (χ2n) is 4.09. The predicted molar refractivity (Wildman–Crippen MR) is 55.2 cm³/mol. The average Bonchev–Trinajstić information content (AvgIpc) is 2.72. The Labute approximate surface area is 84.9 Å². The van der Waals surface area contributed by atoms with Gasteiger partial charge in [0.05, 0.1) is 0 Å². The third-order valence-electron chi connectivity index (χ3n) is 2.89. The van der Waals surface area contributed by atoms with Crippen LogP contribution >= 0.6 is 0 Å². The van der Waals surface area contributed by atoms with Crippen LogP contribution in [-0.2, 0) is 13.0 Å². The van der Waals surface area contributed by atoms with E-state index in [2.05, 4.69) is 24.3 Å². The van der Waals surface area contributed by atoms with Crippen molar-refractivity contribution in [2.75, 3.05) is 6.54 Å². The summed E-state index contributed by atoms with van der Waals surface area (Å²) in [6.45, 7) is 6.29. The zero-order valence-electron chi connectivity index (χ0n) is 8.97. The predicted octanol–water partition coefficient (Wildman–Crippen LogP) is 2.22. The van der Waals surface area contributed by atoms with Crippen LogP contribution in [-0.4, -0.2) is 11.7 Å². The molecule has 0 bridgehead atoms. The molecule has 0 saturated heterocycles. The van der Waals surface area contributed by atoms with Crippen LogP contribution in [0.2, 0.25) is 0 Å². The van der Waals surface area contributed by atoms with Crippen molar-refractivity contribution in [2.24, 2.45) is 0 Å². The number of aromatic nitrogens is 1. The van der Waals surface area contributed by atoms with Crippen molar-refractivity contribution in [2.45, 2.75) is 45.6 Å². The molecule has 0 aliphatic heterocycles. The van der Waals surface area contributed by atoms with Crippen LogP contribution in [0.1, 0.15) is 49.6 Å². The van der Waals surface area contributed by atoms with E-state index < -0.39 is 0 Å². The minimum atomic E-state index is 0.567. The Hall–Kier alpha value is -0.830. The van der Waals surface area contributed by atoms with Crippen LogP contribution < -0.4 is 5.32 Å². The van der Waals surface area contributed by atoms with Gasteiger partial charge in [-0.1, -0.05) is 19.0 Å². The van der Waals surface area contributed by atoms with E-state index in [1.165, 1.54) is 12.0 Å². The van der Waals surface area contributed by atoms with E-state index in [4.69, 9.17) is 4.52 Å². The molecule has 0 saturated carbocycles. The first kappa shape index (κ1) is 9.71. The average molecular weight is 194 g/mol. The highest BCUT2D eigenvalue weighted by Crippen LogP contribution is 2.34. The zero-order valence-corrected chi connectivity index (χ0v) is 8.97. The van der Waals surface area contributed by atoms with Crippen LogP contribution in [0.4, 0.5) is 0 Å². The molecular weight excluding hydrogens is 176 g/mol. The molecule has 2 rings (SSSR count). The van der Waals surface area contributed by atoms with E-state index >= 15 is 0 Å². The van der Waals surface area contributed by atoms with Crippen LogP contribution in [0.3, 0.4) is 0 Å². The summed E-state index contributed by atoms with van der Waals surface area (Å²) < 4.78 is 5.36. The Bertz CT molecular complexity index is 306. The van der Waals surface area contributed by atoms with Crippen molar-refractivity contribution in [3.8, 4) is 0 Å². The maximum atomic E-state index is 5.36. The highest BCUT2D eigenvalue weighted by Gasteiger charge is 2.26. The van der Waals surface area contributed by atoms with Crippen molar-refractivity contribution in [3.05, 3.63) is 17.0 Å². The maximum Gasteiger partial charge on any atom is 0.143 e. The van der Waals surface area contributed by atoms with Gasteiger partial charge < -0.3 is 9.84 Å². The van der Waals surface area contributed by atoms with Gasteiger partial charge in [0.1, 0.15) is 11.5 Å². The van der Waals surface area contributed by atoms with Gasteiger partial charge in [-0.25, -0.2) is 0 Å². The molecule has 3 nitrogen and oxygen atoms in total. The molecule has 0 aromatic carbocycles. The van der Waals surface area contributed by atoms with E-state index in [1.54, 1.807) is 0 Å². The lowest BCUT2D eigenvalue weighted by Crippen LogP contribution is -2.14. The maximum absolute atomic E-state index is 5.36. The molecule has 0 spiro atoms. The molecule has 1 heterocycles. The number of hydrogen-bond acceptors (Lipinski definition) is 3. The highest BCUT2D eigenvalue weighted by atomic mass is 16.5. The van der Waals surface area contributed by atoms with Gasteiger partial charge >= 0.3 is 0 Å². The monoisotopic (exact) mass is 194 g/mol. The smallest absolute Gasteiger partial charge is 0.143 e. The highest BCUT2D eigenvalue weighted by molar-refractivity contribution is 5.30. The third-order valence-corrected chi connectivity index (χ3v) is 2.89. The van der Waals surface area contributed by atoms with Crippen molar-refractivity contribution in [3.63, 3.8) is 0 Å². The van der Waals surface area contributed by atoms with Crippen molar-refractivity contribution in [1.29, 1.82) is 0 Å². The van der Waals surface area contributed by atoms with Crippen molar-refractivity contribution < 1.29 is 4.52 Å². The summed E-state index contributed by atoms with van der Waals surface area (Å²) in [7, 11) is 0. The summed E-state index contributed by atoms with van der Waals surface area (Å²) in [4.78, 5) is 0. The first-order valence-electron chi connectivity index (χ1n) is 5.51. The molecule has 3 heteroatoms. The number of nitrogens with one attached hydrogen (secondary N) is 1. The molecule has 1 aromatic rings. The molecule has 0 amide bonds. The number of rotatable bonds is 4. The van der Waals surface area contributed by atoms with Gasteiger partial charge in [-0.2, -0.15) is 0 Å². The SMILES string of the molecule is CCCNCc1noc2c1CCC2C. The summed E-state index contributed by atoms with van der Waals surface area (Å²) in [6, 6.07) is 0. The minimum absolute atomic E-state index is 0.567. The topological polar surface area (TPSA) is 38.1 Å². The van der Waals surface area contributed by atoms with E-state index in [0.29, 0.717) is 5.92 Å². The van der Waals surface area contributed by atoms with Crippen molar-refractivity contribution >= 4 is 0 Å². The standard InChI is InChI=1S/C11H18N2O/c1-3-6-12-7-10-9-5-4-8(2)11(9)14-13-10/h8,12H,3-7H2,1-2H3. The minimum Gasteiger partial charge on any atom is -0.361 e. The fourth-order valence-electron chi connectivity index (χ4n) is 2.03. The molecule has 1 aliphatic carbocycles. The van der Waals surface area contributed by atoms with Gasteiger partial charge in [0, 0.05) is 18.0 Å². The molecule has 1 atom stereocenters. The van der Waals surface area contributed by atoms with Crippen LogP contribution in [0.25, 0.3) is 0 Å². The summed E-state index contributed by atoms with van der Waals surface area (Å²) in [5, 5.41) is 7.48. The van der Waals surface area contributed by atoms with Crippen LogP contribution in [0.15, 0.2) is 4.52 Å². The van der Waals surface area contributed by atoms with Gasteiger partial charge in [0.15, 0.2) is 0 Å². The lowest BCUT2D eigenvalue weighted by atomic mass is 10.1. The largest absolute Gasteiger partial charge is 0.361 e. The quantitative estimate of drug-likeness (QED) is 0.747. The molecule has 1 aromatic heterocycles. The van der Waals surface area contributed by atoms with Crippen LogP contribution in [0.5, 0.6) is 0 Å². The van der Waals surface area contributed by atoms with E-state index in [-0.39, 0.29) is 0 Å². The Kier molecular flexibility index (Phi) is 2.87. The molecule has 1 aliphatic rings. The van der Waals surface area contributed by atoms with Gasteiger partial charge in [-0.3, -0.25) is 0 Å². The second kappa shape index (κ2) is 4.13. The Morgan fingerprint density at radius 3 is 3.21 bits per heavy atom. The zero-order chi connectivity index (χ0) is 9.97. The van der Waals surface area contributed by atoms with E-state index in [1.807, 2.05) is 0 Å². The normalized spacial score (nSPS) is 20.0. The summed E-state index contributed by atoms with van der Waals surface area (Å²) in [5.41, 5.74) is 2.49. The fraction of sp³-hybridized carbons (Fsp3) is 0.727. The summed E-state index contributed by atoms with van der Waals surface area (Å²) in [5.74, 6) is 1.69. The first-order chi connectivity index (χ1) is 6.83. The Morgan fingerprint density at radius 2 is 2.43 bits per heavy atom. The number of nitrogens with zero attached hydrogens (tertiary/aromatic N) is 1. The van der Waals surface area contributed by atoms with Gasteiger partial charge in [0.25, 0.3) is 0 Å². The molecule has 0 fully saturated rings. The lowest BCUT2D eigenvalue weighted by molar-refractivity contribution is 0.361. The molecule has 1 N–H and O–H groups in total. The van der Waals surface area contributed by atoms with Gasteiger partial charge in [-0.15, -0.1) is 0 Å². The summed E-state index contributed by atoms with van der Waals surface area (Å²) >= 11 is 0. The second-order valence-corrected chi connectivity index (χ2v) is 4.09. The third kappa shape index (κ3) is 1.69. The first-order valence-corrected chi connectivity index (χ1v) is 5.51. The van der Waals surface area contributed by atoms with Gasteiger partial charge in [-0.05, 0) is 25.8 Å². The molecule has 14 heavy (non-hydrogen) atoms. The number of hydrogen-bond donors (Lipinski definition) is 1. The molecule has 0 radical (unpaired) electrons. The summed E-state index contributed by atoms with van der Waals surface area (Å²) in [6.07, 6.45) is 3.52.